The van der Waals surface area contributed by atoms with Crippen LogP contribution in [0.1, 0.15) is 62.8 Å². The van der Waals surface area contributed by atoms with E-state index in [0.29, 0.717) is 19.6 Å². The zero-order chi connectivity index (χ0) is 27.6. The Morgan fingerprint density at radius 3 is 2.41 bits per heavy atom. The number of halogens is 1. The van der Waals surface area contributed by atoms with E-state index >= 15 is 0 Å². The topological polar surface area (TPSA) is 45.6 Å². The standard InChI is InChI=1S/C33H40ClN3O2/c1-26(2)22-36(32(38)20-19-27-12-5-3-6-13-27)25-33(39)37(29-15-7-4-8-16-29)24-30-17-11-21-35(30)23-28-14-9-10-18-31(28)34/h3,5-6,9-14,17-21,26,29H,4,7-8,15-16,22-25H2,1-2H3. The molecule has 2 amide bonds. The lowest BCUT2D eigenvalue weighted by atomic mass is 9.94. The van der Waals surface area contributed by atoms with E-state index in [9.17, 15) is 9.59 Å². The summed E-state index contributed by atoms with van der Waals surface area (Å²) in [6, 6.07) is 21.9. The summed E-state index contributed by atoms with van der Waals surface area (Å²) in [6.07, 6.45) is 10.9. The van der Waals surface area contributed by atoms with Crippen molar-refractivity contribution in [2.24, 2.45) is 5.92 Å². The number of hydrogen-bond acceptors (Lipinski definition) is 2. The van der Waals surface area contributed by atoms with Gasteiger partial charge in [0.15, 0.2) is 0 Å². The van der Waals surface area contributed by atoms with Crippen LogP contribution in [-0.2, 0) is 22.7 Å². The average Bonchev–Trinajstić information content (AvgIpc) is 3.38. The largest absolute Gasteiger partial charge is 0.345 e. The van der Waals surface area contributed by atoms with Crippen molar-refractivity contribution >= 4 is 29.5 Å². The number of amides is 2. The normalized spacial score (nSPS) is 14.2. The second-order valence-electron chi connectivity index (χ2n) is 10.9. The summed E-state index contributed by atoms with van der Waals surface area (Å²) in [5.74, 6) is 0.129. The van der Waals surface area contributed by atoms with Crippen molar-refractivity contribution in [3.63, 3.8) is 0 Å². The minimum Gasteiger partial charge on any atom is -0.345 e. The molecule has 1 saturated carbocycles. The maximum Gasteiger partial charge on any atom is 0.247 e. The molecule has 39 heavy (non-hydrogen) atoms. The fourth-order valence-electron chi connectivity index (χ4n) is 5.31. The summed E-state index contributed by atoms with van der Waals surface area (Å²) >= 11 is 6.44. The van der Waals surface area contributed by atoms with Crippen molar-refractivity contribution in [2.75, 3.05) is 13.1 Å². The maximum atomic E-state index is 13.9. The van der Waals surface area contributed by atoms with Gasteiger partial charge < -0.3 is 14.4 Å². The Labute approximate surface area is 238 Å². The first-order valence-corrected chi connectivity index (χ1v) is 14.5. The van der Waals surface area contributed by atoms with E-state index in [1.54, 1.807) is 11.0 Å². The van der Waals surface area contributed by atoms with E-state index in [-0.39, 0.29) is 30.3 Å². The fourth-order valence-corrected chi connectivity index (χ4v) is 5.51. The van der Waals surface area contributed by atoms with Crippen LogP contribution in [0.5, 0.6) is 0 Å². The van der Waals surface area contributed by atoms with Gasteiger partial charge in [0.1, 0.15) is 6.54 Å². The molecule has 1 aliphatic carbocycles. The third-order valence-electron chi connectivity index (χ3n) is 7.33. The zero-order valence-electron chi connectivity index (χ0n) is 23.1. The van der Waals surface area contributed by atoms with Crippen LogP contribution in [0.4, 0.5) is 0 Å². The molecule has 1 fully saturated rings. The highest BCUT2D eigenvalue weighted by Crippen LogP contribution is 2.25. The minimum absolute atomic E-state index is 0.00880. The van der Waals surface area contributed by atoms with Crippen LogP contribution in [0.15, 0.2) is 79.0 Å². The predicted octanol–water partition coefficient (Wildman–Crippen LogP) is 7.05. The van der Waals surface area contributed by atoms with E-state index in [4.69, 9.17) is 11.6 Å². The van der Waals surface area contributed by atoms with Crippen molar-refractivity contribution in [3.05, 3.63) is 101 Å². The smallest absolute Gasteiger partial charge is 0.247 e. The van der Waals surface area contributed by atoms with Gasteiger partial charge in [-0.05, 0) is 54.2 Å². The zero-order valence-corrected chi connectivity index (χ0v) is 23.9. The quantitative estimate of drug-likeness (QED) is 0.242. The highest BCUT2D eigenvalue weighted by molar-refractivity contribution is 6.31. The van der Waals surface area contributed by atoms with Crippen LogP contribution in [0.3, 0.4) is 0 Å². The molecule has 0 bridgehead atoms. The van der Waals surface area contributed by atoms with Crippen LogP contribution in [0.2, 0.25) is 5.02 Å². The first-order valence-electron chi connectivity index (χ1n) is 14.1. The Kier molecular flexibility index (Phi) is 10.4. The molecular weight excluding hydrogens is 506 g/mol. The van der Waals surface area contributed by atoms with Gasteiger partial charge in [-0.3, -0.25) is 9.59 Å². The van der Waals surface area contributed by atoms with Crippen LogP contribution in [-0.4, -0.2) is 45.3 Å². The van der Waals surface area contributed by atoms with Crippen molar-refractivity contribution < 1.29 is 9.59 Å². The predicted molar refractivity (Wildman–Crippen MR) is 159 cm³/mol. The Morgan fingerprint density at radius 1 is 0.974 bits per heavy atom. The minimum atomic E-state index is -0.133. The molecule has 6 heteroatoms. The third kappa shape index (κ3) is 8.34. The molecule has 4 rings (SSSR count). The summed E-state index contributed by atoms with van der Waals surface area (Å²) in [5.41, 5.74) is 3.08. The summed E-state index contributed by atoms with van der Waals surface area (Å²) in [5, 5.41) is 0.740. The molecule has 0 atom stereocenters. The van der Waals surface area contributed by atoms with Gasteiger partial charge in [0.05, 0.1) is 6.54 Å². The number of rotatable bonds is 11. The first kappa shape index (κ1) is 28.7. The average molecular weight is 546 g/mol. The summed E-state index contributed by atoms with van der Waals surface area (Å²) in [6.45, 7) is 5.93. The maximum absolute atomic E-state index is 13.9. The number of aromatic nitrogens is 1. The molecule has 0 spiro atoms. The molecule has 0 radical (unpaired) electrons. The second-order valence-corrected chi connectivity index (χ2v) is 11.3. The monoisotopic (exact) mass is 545 g/mol. The van der Waals surface area contributed by atoms with Gasteiger partial charge in [-0.15, -0.1) is 0 Å². The van der Waals surface area contributed by atoms with Crippen molar-refractivity contribution in [1.82, 2.24) is 14.4 Å². The first-order chi connectivity index (χ1) is 18.9. The van der Waals surface area contributed by atoms with Gasteiger partial charge >= 0.3 is 0 Å². The van der Waals surface area contributed by atoms with E-state index in [2.05, 4.69) is 24.5 Å². The molecule has 1 heterocycles. The molecule has 206 valence electrons. The molecule has 1 aliphatic rings. The Balaban J connectivity index is 1.53. The third-order valence-corrected chi connectivity index (χ3v) is 7.70. The van der Waals surface area contributed by atoms with E-state index in [0.717, 1.165) is 47.5 Å². The van der Waals surface area contributed by atoms with Crippen LogP contribution >= 0.6 is 11.6 Å². The number of benzene rings is 2. The molecule has 5 nitrogen and oxygen atoms in total. The lowest BCUT2D eigenvalue weighted by molar-refractivity contribution is -0.141. The van der Waals surface area contributed by atoms with E-state index in [1.165, 1.54) is 6.42 Å². The molecule has 0 N–H and O–H groups in total. The number of carbonyl (C=O) groups is 2. The molecule has 2 aromatic carbocycles. The Bertz CT molecular complexity index is 1240. The van der Waals surface area contributed by atoms with Crippen molar-refractivity contribution in [3.8, 4) is 0 Å². The fraction of sp³-hybridized carbons (Fsp3) is 0.394. The van der Waals surface area contributed by atoms with Crippen molar-refractivity contribution in [1.29, 1.82) is 0 Å². The molecule has 0 aliphatic heterocycles. The highest BCUT2D eigenvalue weighted by Gasteiger charge is 2.28. The molecular formula is C33H40ClN3O2. The summed E-state index contributed by atoms with van der Waals surface area (Å²) < 4.78 is 2.17. The lowest BCUT2D eigenvalue weighted by Gasteiger charge is -2.36. The highest BCUT2D eigenvalue weighted by atomic mass is 35.5. The lowest BCUT2D eigenvalue weighted by Crippen LogP contribution is -2.48. The molecule has 3 aromatic rings. The van der Waals surface area contributed by atoms with Gasteiger partial charge in [0, 0.05) is 42.1 Å². The van der Waals surface area contributed by atoms with Gasteiger partial charge in [0.2, 0.25) is 11.8 Å². The van der Waals surface area contributed by atoms with Gasteiger partial charge in [-0.2, -0.15) is 0 Å². The van der Waals surface area contributed by atoms with Crippen LogP contribution < -0.4 is 0 Å². The SMILES string of the molecule is CC(C)CN(CC(=O)N(Cc1cccn1Cc1ccccc1Cl)C1CCCCC1)C(=O)C=Cc1ccccc1. The Morgan fingerprint density at radius 2 is 1.69 bits per heavy atom. The molecule has 0 unspecified atom stereocenters. The molecule has 1 aromatic heterocycles. The van der Waals surface area contributed by atoms with Crippen LogP contribution in [0, 0.1) is 5.92 Å². The van der Waals surface area contributed by atoms with E-state index < -0.39 is 0 Å². The van der Waals surface area contributed by atoms with Gasteiger partial charge in [0.25, 0.3) is 0 Å². The van der Waals surface area contributed by atoms with Crippen LogP contribution in [0.25, 0.3) is 6.08 Å². The summed E-state index contributed by atoms with van der Waals surface area (Å²) in [7, 11) is 0. The Hall–Kier alpha value is -3.31. The van der Waals surface area contributed by atoms with Gasteiger partial charge in [-0.1, -0.05) is 93.2 Å². The van der Waals surface area contributed by atoms with E-state index in [1.807, 2.05) is 77.8 Å². The molecule has 0 saturated heterocycles. The summed E-state index contributed by atoms with van der Waals surface area (Å²) in [4.78, 5) is 30.9. The van der Waals surface area contributed by atoms with Crippen molar-refractivity contribution in [2.45, 2.75) is 65.1 Å². The number of carbonyl (C=O) groups excluding carboxylic acids is 2. The van der Waals surface area contributed by atoms with Gasteiger partial charge in [-0.25, -0.2) is 0 Å². The number of hydrogen-bond donors (Lipinski definition) is 0. The number of nitrogens with zero attached hydrogens (tertiary/aromatic N) is 3. The second kappa shape index (κ2) is 14.2.